The van der Waals surface area contributed by atoms with E-state index in [-0.39, 0.29) is 5.91 Å². The van der Waals surface area contributed by atoms with Crippen LogP contribution in [0.15, 0.2) is 18.2 Å². The number of carbonyl (C=O) groups excluding carboxylic acids is 1. The van der Waals surface area contributed by atoms with Crippen molar-refractivity contribution in [3.63, 3.8) is 0 Å². The van der Waals surface area contributed by atoms with Crippen LogP contribution >= 0.6 is 0 Å². The Labute approximate surface area is 108 Å². The minimum absolute atomic E-state index is 0.0151. The Morgan fingerprint density at radius 1 is 1.22 bits per heavy atom. The summed E-state index contributed by atoms with van der Waals surface area (Å²) in [6.45, 7) is 4.74. The van der Waals surface area contributed by atoms with E-state index in [4.69, 9.17) is 0 Å². The Morgan fingerprint density at radius 2 is 2.00 bits per heavy atom. The molecule has 0 spiro atoms. The largest absolute Gasteiger partial charge is 0.382 e. The lowest BCUT2D eigenvalue weighted by Gasteiger charge is -2.20. The highest BCUT2D eigenvalue weighted by Gasteiger charge is 2.11. The van der Waals surface area contributed by atoms with Crippen LogP contribution in [0.5, 0.6) is 0 Å². The lowest BCUT2D eigenvalue weighted by molar-refractivity contribution is 0.0953. The van der Waals surface area contributed by atoms with Gasteiger partial charge in [-0.3, -0.25) is 4.79 Å². The molecule has 18 heavy (non-hydrogen) atoms. The summed E-state index contributed by atoms with van der Waals surface area (Å²) in [5.74, 6) is 0.0151. The van der Waals surface area contributed by atoms with Crippen molar-refractivity contribution in [3.8, 4) is 0 Å². The highest BCUT2D eigenvalue weighted by Crippen LogP contribution is 2.25. The number of benzene rings is 1. The second-order valence-corrected chi connectivity index (χ2v) is 4.58. The number of carbonyl (C=O) groups is 1. The van der Waals surface area contributed by atoms with Crippen molar-refractivity contribution in [2.45, 2.75) is 26.2 Å². The second-order valence-electron chi connectivity index (χ2n) is 4.58. The fraction of sp³-hybridized carbons (Fsp3) is 0.500. The summed E-state index contributed by atoms with van der Waals surface area (Å²) in [7, 11) is 0. The normalized spacial score (nSPS) is 13.2. The van der Waals surface area contributed by atoms with E-state index in [1.807, 2.05) is 18.2 Å². The van der Waals surface area contributed by atoms with Gasteiger partial charge in [0, 0.05) is 25.2 Å². The first-order valence-electron chi connectivity index (χ1n) is 6.71. The first-order chi connectivity index (χ1) is 8.81. The maximum atomic E-state index is 11.9. The third kappa shape index (κ3) is 3.15. The Kier molecular flexibility index (Phi) is 4.45. The van der Waals surface area contributed by atoms with Gasteiger partial charge in [0.05, 0.1) is 11.4 Å². The van der Waals surface area contributed by atoms with Gasteiger partial charge in [0.2, 0.25) is 0 Å². The van der Waals surface area contributed by atoms with E-state index in [1.165, 1.54) is 6.42 Å². The quantitative estimate of drug-likeness (QED) is 0.700. The first kappa shape index (κ1) is 12.7. The molecule has 0 aliphatic carbocycles. The van der Waals surface area contributed by atoms with Crippen LogP contribution in [0.3, 0.4) is 0 Å². The Morgan fingerprint density at radius 3 is 2.78 bits per heavy atom. The van der Waals surface area contributed by atoms with Crippen molar-refractivity contribution in [2.75, 3.05) is 30.3 Å². The molecule has 4 heteroatoms. The van der Waals surface area contributed by atoms with E-state index in [9.17, 15) is 4.79 Å². The predicted molar refractivity (Wildman–Crippen MR) is 75.3 cm³/mol. The number of anilines is 2. The zero-order chi connectivity index (χ0) is 12.8. The molecule has 2 rings (SSSR count). The SMILES string of the molecule is CCCCCNC(=O)c1ccc2c(c1)NCCN2. The molecular weight excluding hydrogens is 226 g/mol. The maximum absolute atomic E-state index is 11.9. The van der Waals surface area contributed by atoms with Crippen LogP contribution in [0.4, 0.5) is 11.4 Å². The molecule has 1 heterocycles. The third-order valence-corrected chi connectivity index (χ3v) is 3.10. The topological polar surface area (TPSA) is 53.2 Å². The molecule has 0 aromatic heterocycles. The van der Waals surface area contributed by atoms with Crippen molar-refractivity contribution in [3.05, 3.63) is 23.8 Å². The summed E-state index contributed by atoms with van der Waals surface area (Å²) in [5, 5.41) is 9.54. The smallest absolute Gasteiger partial charge is 0.251 e. The molecule has 1 aliphatic heterocycles. The van der Waals surface area contributed by atoms with Crippen LogP contribution in [-0.2, 0) is 0 Å². The maximum Gasteiger partial charge on any atom is 0.251 e. The molecule has 1 aromatic rings. The van der Waals surface area contributed by atoms with Crippen molar-refractivity contribution < 1.29 is 4.79 Å². The van der Waals surface area contributed by atoms with Gasteiger partial charge < -0.3 is 16.0 Å². The molecule has 0 unspecified atom stereocenters. The summed E-state index contributed by atoms with van der Waals surface area (Å²) in [4.78, 5) is 11.9. The van der Waals surface area contributed by atoms with Crippen molar-refractivity contribution in [2.24, 2.45) is 0 Å². The molecule has 4 nitrogen and oxygen atoms in total. The van der Waals surface area contributed by atoms with Crippen LogP contribution in [0.25, 0.3) is 0 Å². The molecule has 0 saturated heterocycles. The van der Waals surface area contributed by atoms with Gasteiger partial charge in [-0.05, 0) is 24.6 Å². The molecular formula is C14H21N3O. The van der Waals surface area contributed by atoms with Crippen LogP contribution in [0.1, 0.15) is 36.5 Å². The van der Waals surface area contributed by atoms with Crippen LogP contribution < -0.4 is 16.0 Å². The average Bonchev–Trinajstić information content (AvgIpc) is 2.43. The number of hydrogen-bond donors (Lipinski definition) is 3. The Bertz CT molecular complexity index is 418. The van der Waals surface area contributed by atoms with Gasteiger partial charge in [0.1, 0.15) is 0 Å². The third-order valence-electron chi connectivity index (χ3n) is 3.10. The molecule has 0 fully saturated rings. The zero-order valence-corrected chi connectivity index (χ0v) is 10.9. The van der Waals surface area contributed by atoms with E-state index in [1.54, 1.807) is 0 Å². The minimum atomic E-state index is 0.0151. The molecule has 3 N–H and O–H groups in total. The van der Waals surface area contributed by atoms with Crippen LogP contribution in [0, 0.1) is 0 Å². The molecule has 1 amide bonds. The molecule has 0 saturated carbocycles. The second kappa shape index (κ2) is 6.28. The molecule has 0 atom stereocenters. The first-order valence-corrected chi connectivity index (χ1v) is 6.71. The summed E-state index contributed by atoms with van der Waals surface area (Å²) in [6.07, 6.45) is 3.38. The van der Waals surface area contributed by atoms with E-state index >= 15 is 0 Å². The molecule has 0 radical (unpaired) electrons. The zero-order valence-electron chi connectivity index (χ0n) is 10.9. The number of amides is 1. The summed E-state index contributed by atoms with van der Waals surface area (Å²) in [6, 6.07) is 5.74. The summed E-state index contributed by atoms with van der Waals surface area (Å²) in [5.41, 5.74) is 2.81. The number of nitrogens with one attached hydrogen (secondary N) is 3. The molecule has 1 aromatic carbocycles. The Hall–Kier alpha value is -1.71. The molecule has 98 valence electrons. The predicted octanol–water partition coefficient (Wildman–Crippen LogP) is 2.44. The molecule has 0 bridgehead atoms. The lowest BCUT2D eigenvalue weighted by atomic mass is 10.1. The highest BCUT2D eigenvalue weighted by molar-refractivity contribution is 5.96. The van der Waals surface area contributed by atoms with E-state index in [0.29, 0.717) is 0 Å². The van der Waals surface area contributed by atoms with E-state index in [0.717, 1.165) is 49.4 Å². The molecule has 1 aliphatic rings. The fourth-order valence-corrected chi connectivity index (χ4v) is 2.06. The lowest BCUT2D eigenvalue weighted by Crippen LogP contribution is -2.25. The van der Waals surface area contributed by atoms with Crippen molar-refractivity contribution in [1.29, 1.82) is 0 Å². The van der Waals surface area contributed by atoms with Crippen molar-refractivity contribution in [1.82, 2.24) is 5.32 Å². The standard InChI is InChI=1S/C14H21N3O/c1-2-3-4-7-17-14(18)11-5-6-12-13(10-11)16-9-8-15-12/h5-6,10,15-16H,2-4,7-9H2,1H3,(H,17,18). The number of fused-ring (bicyclic) bond motifs is 1. The van der Waals surface area contributed by atoms with E-state index in [2.05, 4.69) is 22.9 Å². The van der Waals surface area contributed by atoms with Crippen LogP contribution in [0.2, 0.25) is 0 Å². The van der Waals surface area contributed by atoms with Gasteiger partial charge in [-0.25, -0.2) is 0 Å². The van der Waals surface area contributed by atoms with Gasteiger partial charge >= 0.3 is 0 Å². The van der Waals surface area contributed by atoms with Gasteiger partial charge in [-0.2, -0.15) is 0 Å². The summed E-state index contributed by atoms with van der Waals surface area (Å²) >= 11 is 0. The Balaban J connectivity index is 1.94. The summed E-state index contributed by atoms with van der Waals surface area (Å²) < 4.78 is 0. The fourth-order valence-electron chi connectivity index (χ4n) is 2.06. The van der Waals surface area contributed by atoms with Crippen molar-refractivity contribution >= 4 is 17.3 Å². The van der Waals surface area contributed by atoms with E-state index < -0.39 is 0 Å². The van der Waals surface area contributed by atoms with Gasteiger partial charge in [-0.15, -0.1) is 0 Å². The number of rotatable bonds is 5. The van der Waals surface area contributed by atoms with Gasteiger partial charge in [0.25, 0.3) is 5.91 Å². The monoisotopic (exact) mass is 247 g/mol. The van der Waals surface area contributed by atoms with Gasteiger partial charge in [-0.1, -0.05) is 19.8 Å². The number of unbranched alkanes of at least 4 members (excludes halogenated alkanes) is 2. The van der Waals surface area contributed by atoms with Crippen LogP contribution in [-0.4, -0.2) is 25.5 Å². The number of hydrogen-bond acceptors (Lipinski definition) is 3. The van der Waals surface area contributed by atoms with Gasteiger partial charge in [0.15, 0.2) is 0 Å². The highest BCUT2D eigenvalue weighted by atomic mass is 16.1. The minimum Gasteiger partial charge on any atom is -0.382 e. The average molecular weight is 247 g/mol.